The normalized spacial score (nSPS) is 12.4. The second-order valence-corrected chi connectivity index (χ2v) is 5.87. The highest BCUT2D eigenvalue weighted by atomic mass is 79.9. The molecule has 0 spiro atoms. The fourth-order valence-corrected chi connectivity index (χ4v) is 2.97. The Kier molecular flexibility index (Phi) is 5.35. The van der Waals surface area contributed by atoms with Gasteiger partial charge in [-0.3, -0.25) is 5.84 Å². The molecule has 0 heterocycles. The van der Waals surface area contributed by atoms with Crippen LogP contribution in [0.5, 0.6) is 0 Å². The van der Waals surface area contributed by atoms with Crippen LogP contribution in [0.3, 0.4) is 0 Å². The van der Waals surface area contributed by atoms with Gasteiger partial charge in [-0.2, -0.15) is 0 Å². The van der Waals surface area contributed by atoms with Crippen LogP contribution in [0, 0.1) is 6.92 Å². The summed E-state index contributed by atoms with van der Waals surface area (Å²) < 4.78 is 1.11. The summed E-state index contributed by atoms with van der Waals surface area (Å²) in [7, 11) is 0. The molecule has 0 fully saturated rings. The van der Waals surface area contributed by atoms with Gasteiger partial charge in [-0.05, 0) is 35.6 Å². The molecule has 2 aromatic rings. The van der Waals surface area contributed by atoms with Crippen LogP contribution >= 0.6 is 15.9 Å². The number of nitrogens with two attached hydrogens (primary N) is 1. The van der Waals surface area contributed by atoms with E-state index in [2.05, 4.69) is 77.7 Å². The molecule has 2 rings (SSSR count). The molecule has 3 N–H and O–H groups in total. The van der Waals surface area contributed by atoms with E-state index < -0.39 is 0 Å². The van der Waals surface area contributed by atoms with Crippen LogP contribution in [-0.4, -0.2) is 0 Å². The smallest absolute Gasteiger partial charge is 0.0721 e. The van der Waals surface area contributed by atoms with Crippen molar-refractivity contribution in [3.8, 4) is 0 Å². The summed E-state index contributed by atoms with van der Waals surface area (Å²) in [6, 6.07) is 14.9. The third kappa shape index (κ3) is 3.29. The Hall–Kier alpha value is -1.16. The molecule has 20 heavy (non-hydrogen) atoms. The van der Waals surface area contributed by atoms with Crippen molar-refractivity contribution in [2.75, 3.05) is 0 Å². The molecule has 0 aliphatic carbocycles. The summed E-state index contributed by atoms with van der Waals surface area (Å²) in [5, 5.41) is 0. The first-order chi connectivity index (χ1) is 9.67. The Labute approximate surface area is 129 Å². The van der Waals surface area contributed by atoms with Gasteiger partial charge in [-0.25, -0.2) is 5.43 Å². The van der Waals surface area contributed by atoms with Gasteiger partial charge in [0.15, 0.2) is 0 Å². The topological polar surface area (TPSA) is 38.0 Å². The van der Waals surface area contributed by atoms with E-state index in [1.54, 1.807) is 0 Å². The summed E-state index contributed by atoms with van der Waals surface area (Å²) in [5.74, 6) is 5.81. The van der Waals surface area contributed by atoms with Gasteiger partial charge >= 0.3 is 0 Å². The van der Waals surface area contributed by atoms with Crippen molar-refractivity contribution in [3.63, 3.8) is 0 Å². The second kappa shape index (κ2) is 7.02. The molecule has 0 aliphatic heterocycles. The molecule has 2 nitrogen and oxygen atoms in total. The van der Waals surface area contributed by atoms with Crippen molar-refractivity contribution in [1.82, 2.24) is 5.43 Å². The standard InChI is InChI=1S/C17H21BrN2/c1-3-6-13-8-5-9-14(11-13)17(20-19)15-10-4-7-12(2)16(15)18/h4-5,7-11,17,20H,3,6,19H2,1-2H3. The molecule has 2 aromatic carbocycles. The van der Waals surface area contributed by atoms with E-state index in [1.165, 1.54) is 22.3 Å². The minimum Gasteiger partial charge on any atom is -0.271 e. The van der Waals surface area contributed by atoms with Gasteiger partial charge in [-0.15, -0.1) is 0 Å². The van der Waals surface area contributed by atoms with E-state index in [0.717, 1.165) is 17.3 Å². The van der Waals surface area contributed by atoms with E-state index >= 15 is 0 Å². The summed E-state index contributed by atoms with van der Waals surface area (Å²) in [4.78, 5) is 0. The molecule has 0 aromatic heterocycles. The first-order valence-electron chi connectivity index (χ1n) is 6.97. The largest absolute Gasteiger partial charge is 0.271 e. The van der Waals surface area contributed by atoms with Gasteiger partial charge in [0, 0.05) is 4.47 Å². The predicted octanol–water partition coefficient (Wildman–Crippen LogP) is 4.26. The predicted molar refractivity (Wildman–Crippen MR) is 88.5 cm³/mol. The van der Waals surface area contributed by atoms with Crippen LogP contribution < -0.4 is 11.3 Å². The Bertz CT molecular complexity index is 581. The minimum absolute atomic E-state index is 0.00100. The maximum absolute atomic E-state index is 5.81. The number of benzene rings is 2. The first-order valence-corrected chi connectivity index (χ1v) is 7.76. The zero-order valence-corrected chi connectivity index (χ0v) is 13.6. The van der Waals surface area contributed by atoms with Crippen LogP contribution in [0.25, 0.3) is 0 Å². The van der Waals surface area contributed by atoms with Gasteiger partial charge in [0.1, 0.15) is 0 Å². The third-order valence-electron chi connectivity index (χ3n) is 3.52. The zero-order chi connectivity index (χ0) is 14.5. The van der Waals surface area contributed by atoms with Crippen molar-refractivity contribution in [2.24, 2.45) is 5.84 Å². The number of rotatable bonds is 5. The molecule has 0 bridgehead atoms. The highest BCUT2D eigenvalue weighted by Gasteiger charge is 2.16. The van der Waals surface area contributed by atoms with Crippen LogP contribution in [0.1, 0.15) is 41.6 Å². The van der Waals surface area contributed by atoms with E-state index in [4.69, 9.17) is 5.84 Å². The molecule has 0 radical (unpaired) electrons. The quantitative estimate of drug-likeness (QED) is 0.634. The average molecular weight is 333 g/mol. The van der Waals surface area contributed by atoms with E-state index in [0.29, 0.717) is 0 Å². The lowest BCUT2D eigenvalue weighted by Gasteiger charge is -2.20. The SMILES string of the molecule is CCCc1cccc(C(NN)c2cccc(C)c2Br)c1. The van der Waals surface area contributed by atoms with Crippen molar-refractivity contribution in [2.45, 2.75) is 32.7 Å². The number of hydrogen-bond acceptors (Lipinski definition) is 2. The molecule has 3 heteroatoms. The van der Waals surface area contributed by atoms with Crippen molar-refractivity contribution >= 4 is 15.9 Å². The molecule has 106 valence electrons. The van der Waals surface area contributed by atoms with Crippen molar-refractivity contribution in [1.29, 1.82) is 0 Å². The van der Waals surface area contributed by atoms with Gasteiger partial charge < -0.3 is 0 Å². The molecule has 0 saturated heterocycles. The summed E-state index contributed by atoms with van der Waals surface area (Å²) in [6.07, 6.45) is 2.25. The number of halogens is 1. The highest BCUT2D eigenvalue weighted by molar-refractivity contribution is 9.10. The maximum atomic E-state index is 5.81. The third-order valence-corrected chi connectivity index (χ3v) is 4.61. The number of hydrazine groups is 1. The lowest BCUT2D eigenvalue weighted by atomic mass is 9.95. The Morgan fingerprint density at radius 2 is 1.95 bits per heavy atom. The maximum Gasteiger partial charge on any atom is 0.0721 e. The lowest BCUT2D eigenvalue weighted by molar-refractivity contribution is 0.633. The molecule has 1 atom stereocenters. The lowest BCUT2D eigenvalue weighted by Crippen LogP contribution is -2.29. The monoisotopic (exact) mass is 332 g/mol. The Morgan fingerprint density at radius 3 is 2.65 bits per heavy atom. The molecule has 0 amide bonds. The van der Waals surface area contributed by atoms with Crippen LogP contribution in [-0.2, 0) is 6.42 Å². The average Bonchev–Trinajstić information content (AvgIpc) is 2.45. The van der Waals surface area contributed by atoms with Crippen molar-refractivity contribution in [3.05, 3.63) is 69.2 Å². The van der Waals surface area contributed by atoms with Gasteiger partial charge in [-0.1, -0.05) is 71.7 Å². The molecule has 0 saturated carbocycles. The zero-order valence-electron chi connectivity index (χ0n) is 12.0. The van der Waals surface area contributed by atoms with Crippen molar-refractivity contribution < 1.29 is 0 Å². The Balaban J connectivity index is 2.41. The summed E-state index contributed by atoms with van der Waals surface area (Å²) in [6.45, 7) is 4.29. The minimum atomic E-state index is 0.00100. The molecular formula is C17H21BrN2. The molecular weight excluding hydrogens is 312 g/mol. The van der Waals surface area contributed by atoms with E-state index in [1.807, 2.05) is 0 Å². The fourth-order valence-electron chi connectivity index (χ4n) is 2.48. The first kappa shape index (κ1) is 15.2. The fraction of sp³-hybridized carbons (Fsp3) is 0.294. The molecule has 0 aliphatic rings. The molecule has 1 unspecified atom stereocenters. The van der Waals surface area contributed by atoms with E-state index in [9.17, 15) is 0 Å². The van der Waals surface area contributed by atoms with Crippen LogP contribution in [0.4, 0.5) is 0 Å². The number of aryl methyl sites for hydroxylation is 2. The summed E-state index contributed by atoms with van der Waals surface area (Å²) in [5.41, 5.74) is 7.88. The van der Waals surface area contributed by atoms with E-state index in [-0.39, 0.29) is 6.04 Å². The van der Waals surface area contributed by atoms with Crippen LogP contribution in [0.2, 0.25) is 0 Å². The number of hydrogen-bond donors (Lipinski definition) is 2. The summed E-state index contributed by atoms with van der Waals surface area (Å²) >= 11 is 3.67. The Morgan fingerprint density at radius 1 is 1.20 bits per heavy atom. The van der Waals surface area contributed by atoms with Gasteiger partial charge in [0.05, 0.1) is 6.04 Å². The van der Waals surface area contributed by atoms with Gasteiger partial charge in [0.25, 0.3) is 0 Å². The van der Waals surface area contributed by atoms with Crippen LogP contribution in [0.15, 0.2) is 46.9 Å². The highest BCUT2D eigenvalue weighted by Crippen LogP contribution is 2.30. The second-order valence-electron chi connectivity index (χ2n) is 5.07. The van der Waals surface area contributed by atoms with Gasteiger partial charge in [0.2, 0.25) is 0 Å². The number of nitrogens with one attached hydrogen (secondary N) is 1.